The fourth-order valence-corrected chi connectivity index (χ4v) is 4.41. The lowest BCUT2D eigenvalue weighted by molar-refractivity contribution is 0.0845. The number of ether oxygens (including phenoxy) is 2. The number of phenolic OH excluding ortho intramolecular Hbond substituents is 1. The maximum Gasteiger partial charge on any atom is 0.204 e. The SMILES string of the molecule is CC1(C)CCc2cc(-c3coc4cc(O)c5c(c4c3=O)OC(C)(C)CC5)ccc2O1. The fourth-order valence-electron chi connectivity index (χ4n) is 4.41. The van der Waals surface area contributed by atoms with Crippen LogP contribution in [0, 0.1) is 0 Å². The summed E-state index contributed by atoms with van der Waals surface area (Å²) in [5.41, 5.74) is 2.64. The Labute approximate surface area is 175 Å². The van der Waals surface area contributed by atoms with Gasteiger partial charge in [0.1, 0.15) is 45.7 Å². The van der Waals surface area contributed by atoms with Gasteiger partial charge < -0.3 is 19.0 Å². The van der Waals surface area contributed by atoms with Crippen molar-refractivity contribution in [2.24, 2.45) is 0 Å². The first kappa shape index (κ1) is 19.0. The monoisotopic (exact) mass is 406 g/mol. The molecule has 30 heavy (non-hydrogen) atoms. The molecule has 2 aromatic carbocycles. The van der Waals surface area contributed by atoms with Gasteiger partial charge in [-0.2, -0.15) is 0 Å². The third kappa shape index (κ3) is 3.04. The Kier molecular flexibility index (Phi) is 3.98. The van der Waals surface area contributed by atoms with E-state index in [1.54, 1.807) is 0 Å². The molecule has 1 N–H and O–H groups in total. The van der Waals surface area contributed by atoms with Gasteiger partial charge in [-0.05, 0) is 76.6 Å². The van der Waals surface area contributed by atoms with E-state index < -0.39 is 5.60 Å². The molecule has 0 aliphatic carbocycles. The first-order valence-corrected chi connectivity index (χ1v) is 10.5. The van der Waals surface area contributed by atoms with Crippen LogP contribution in [-0.2, 0) is 12.8 Å². The number of aryl methyl sites for hydroxylation is 1. The van der Waals surface area contributed by atoms with Gasteiger partial charge in [0.15, 0.2) is 0 Å². The van der Waals surface area contributed by atoms with Crippen molar-refractivity contribution in [2.45, 2.75) is 64.6 Å². The zero-order valence-electron chi connectivity index (χ0n) is 17.8. The molecule has 0 fully saturated rings. The van der Waals surface area contributed by atoms with Crippen LogP contribution < -0.4 is 14.9 Å². The zero-order chi connectivity index (χ0) is 21.3. The molecule has 3 heterocycles. The molecule has 0 saturated carbocycles. The van der Waals surface area contributed by atoms with Crippen molar-refractivity contribution in [3.63, 3.8) is 0 Å². The van der Waals surface area contributed by atoms with Gasteiger partial charge in [-0.3, -0.25) is 4.79 Å². The van der Waals surface area contributed by atoms with Gasteiger partial charge in [0.05, 0.1) is 5.56 Å². The Hall–Kier alpha value is -2.95. The topological polar surface area (TPSA) is 68.9 Å². The highest BCUT2D eigenvalue weighted by Crippen LogP contribution is 2.43. The minimum absolute atomic E-state index is 0.109. The summed E-state index contributed by atoms with van der Waals surface area (Å²) in [6.07, 6.45) is 4.71. The minimum Gasteiger partial charge on any atom is -0.507 e. The number of phenols is 1. The van der Waals surface area contributed by atoms with Crippen molar-refractivity contribution in [2.75, 3.05) is 0 Å². The lowest BCUT2D eigenvalue weighted by atomic mass is 9.91. The summed E-state index contributed by atoms with van der Waals surface area (Å²) in [5, 5.41) is 10.8. The molecule has 0 saturated heterocycles. The molecule has 3 aromatic rings. The summed E-state index contributed by atoms with van der Waals surface area (Å²) < 4.78 is 18.0. The Morgan fingerprint density at radius 3 is 2.50 bits per heavy atom. The summed E-state index contributed by atoms with van der Waals surface area (Å²) >= 11 is 0. The number of hydrogen-bond donors (Lipinski definition) is 1. The predicted octanol–water partition coefficient (Wildman–Crippen LogP) is 5.37. The van der Waals surface area contributed by atoms with Gasteiger partial charge in [-0.25, -0.2) is 0 Å². The highest BCUT2D eigenvalue weighted by Gasteiger charge is 2.32. The second kappa shape index (κ2) is 6.27. The summed E-state index contributed by atoms with van der Waals surface area (Å²) in [4.78, 5) is 13.5. The van der Waals surface area contributed by atoms with Crippen molar-refractivity contribution in [1.29, 1.82) is 0 Å². The lowest BCUT2D eigenvalue weighted by Crippen LogP contribution is -2.33. The molecule has 2 aliphatic heterocycles. The van der Waals surface area contributed by atoms with Crippen LogP contribution >= 0.6 is 0 Å². The van der Waals surface area contributed by atoms with E-state index in [9.17, 15) is 9.90 Å². The van der Waals surface area contributed by atoms with Gasteiger partial charge in [-0.15, -0.1) is 0 Å². The van der Waals surface area contributed by atoms with Crippen molar-refractivity contribution < 1.29 is 19.0 Å². The molecule has 0 bridgehead atoms. The summed E-state index contributed by atoms with van der Waals surface area (Å²) in [6.45, 7) is 8.15. The van der Waals surface area contributed by atoms with E-state index in [0.29, 0.717) is 34.3 Å². The fraction of sp³-hybridized carbons (Fsp3) is 0.400. The van der Waals surface area contributed by atoms with Crippen LogP contribution in [0.1, 0.15) is 51.7 Å². The number of hydrogen-bond acceptors (Lipinski definition) is 5. The van der Waals surface area contributed by atoms with Gasteiger partial charge >= 0.3 is 0 Å². The van der Waals surface area contributed by atoms with Gasteiger partial charge in [0, 0.05) is 11.6 Å². The predicted molar refractivity (Wildman–Crippen MR) is 116 cm³/mol. The number of aromatic hydroxyl groups is 1. The van der Waals surface area contributed by atoms with E-state index in [0.717, 1.165) is 36.1 Å². The Morgan fingerprint density at radius 1 is 0.967 bits per heavy atom. The summed E-state index contributed by atoms with van der Waals surface area (Å²) in [6, 6.07) is 7.36. The molecule has 156 valence electrons. The maximum absolute atomic E-state index is 13.5. The van der Waals surface area contributed by atoms with Gasteiger partial charge in [-0.1, -0.05) is 6.07 Å². The van der Waals surface area contributed by atoms with Crippen LogP contribution in [0.3, 0.4) is 0 Å². The number of fused-ring (bicyclic) bond motifs is 4. The second-order valence-electron chi connectivity index (χ2n) is 9.60. The first-order valence-electron chi connectivity index (χ1n) is 10.5. The molecule has 5 rings (SSSR count). The highest BCUT2D eigenvalue weighted by molar-refractivity contribution is 5.90. The third-order valence-corrected chi connectivity index (χ3v) is 6.21. The molecule has 0 atom stereocenters. The van der Waals surface area contributed by atoms with Crippen molar-refractivity contribution in [1.82, 2.24) is 0 Å². The highest BCUT2D eigenvalue weighted by atomic mass is 16.5. The third-order valence-electron chi connectivity index (χ3n) is 6.21. The first-order chi connectivity index (χ1) is 14.1. The normalized spacial score (nSPS) is 18.8. The largest absolute Gasteiger partial charge is 0.507 e. The Morgan fingerprint density at radius 2 is 1.70 bits per heavy atom. The average molecular weight is 406 g/mol. The molecule has 1 aromatic heterocycles. The van der Waals surface area contributed by atoms with Crippen LogP contribution in [-0.4, -0.2) is 16.3 Å². The molecule has 5 nitrogen and oxygen atoms in total. The minimum atomic E-state index is -0.411. The summed E-state index contributed by atoms with van der Waals surface area (Å²) in [5.74, 6) is 1.42. The molecular formula is C25H26O5. The van der Waals surface area contributed by atoms with Gasteiger partial charge in [0.2, 0.25) is 5.43 Å². The maximum atomic E-state index is 13.5. The molecule has 0 unspecified atom stereocenters. The van der Waals surface area contributed by atoms with E-state index >= 15 is 0 Å². The van der Waals surface area contributed by atoms with Crippen molar-refractivity contribution in [3.05, 3.63) is 51.9 Å². The van der Waals surface area contributed by atoms with Crippen LogP contribution in [0.25, 0.3) is 22.1 Å². The van der Waals surface area contributed by atoms with Crippen LogP contribution in [0.5, 0.6) is 17.2 Å². The molecular weight excluding hydrogens is 380 g/mol. The van der Waals surface area contributed by atoms with Crippen LogP contribution in [0.15, 0.2) is 39.7 Å². The quantitative estimate of drug-likeness (QED) is 0.588. The van der Waals surface area contributed by atoms with Crippen molar-refractivity contribution in [3.8, 4) is 28.4 Å². The Bertz CT molecular complexity index is 1230. The van der Waals surface area contributed by atoms with Gasteiger partial charge in [0.25, 0.3) is 0 Å². The van der Waals surface area contributed by atoms with Crippen molar-refractivity contribution >= 4 is 11.0 Å². The standard InChI is InChI=1S/C25H26O5/c1-24(2)9-7-15-11-14(5-6-19(15)29-24)17-13-28-20-12-18(26)16-8-10-25(3,4)30-23(16)21(20)22(17)27/h5-6,11-13,26H,7-10H2,1-4H3. The Balaban J connectivity index is 1.68. The number of benzene rings is 2. The smallest absolute Gasteiger partial charge is 0.204 e. The number of rotatable bonds is 1. The van der Waals surface area contributed by atoms with E-state index in [-0.39, 0.29) is 16.8 Å². The zero-order valence-corrected chi connectivity index (χ0v) is 17.8. The van der Waals surface area contributed by atoms with E-state index in [4.69, 9.17) is 13.9 Å². The summed E-state index contributed by atoms with van der Waals surface area (Å²) in [7, 11) is 0. The average Bonchev–Trinajstić information content (AvgIpc) is 2.66. The van der Waals surface area contributed by atoms with Crippen LogP contribution in [0.4, 0.5) is 0 Å². The molecule has 0 spiro atoms. The molecule has 0 radical (unpaired) electrons. The van der Waals surface area contributed by atoms with E-state index in [1.165, 1.54) is 12.3 Å². The lowest BCUT2D eigenvalue weighted by Gasteiger charge is -2.33. The molecule has 0 amide bonds. The second-order valence-corrected chi connectivity index (χ2v) is 9.60. The van der Waals surface area contributed by atoms with Crippen LogP contribution in [0.2, 0.25) is 0 Å². The molecule has 2 aliphatic rings. The van der Waals surface area contributed by atoms with E-state index in [2.05, 4.69) is 13.8 Å². The molecule has 5 heteroatoms. The van der Waals surface area contributed by atoms with E-state index in [1.807, 2.05) is 32.0 Å².